The zero-order valence-corrected chi connectivity index (χ0v) is 19.4. The molecule has 34 heavy (non-hydrogen) atoms. The molecule has 2 aliphatic carbocycles. The molecule has 0 unspecified atom stereocenters. The molecule has 1 aromatic carbocycles. The van der Waals surface area contributed by atoms with Crippen molar-refractivity contribution < 1.29 is 28.2 Å². The number of carbonyl (C=O) groups is 2. The predicted octanol–water partition coefficient (Wildman–Crippen LogP) is 4.34. The van der Waals surface area contributed by atoms with E-state index >= 15 is 0 Å². The number of methoxy groups -OCH3 is 3. The zero-order valence-electron chi connectivity index (χ0n) is 19.4. The molecule has 4 rings (SSSR count). The fourth-order valence-corrected chi connectivity index (χ4v) is 3.95. The Labute approximate surface area is 197 Å². The number of ketones is 1. The van der Waals surface area contributed by atoms with Crippen molar-refractivity contribution in [3.8, 4) is 5.75 Å². The van der Waals surface area contributed by atoms with Gasteiger partial charge in [0.15, 0.2) is 11.5 Å². The second kappa shape index (κ2) is 9.70. The third-order valence-electron chi connectivity index (χ3n) is 5.70. The van der Waals surface area contributed by atoms with Crippen molar-refractivity contribution in [3.05, 3.63) is 100 Å². The van der Waals surface area contributed by atoms with E-state index in [9.17, 15) is 9.59 Å². The van der Waals surface area contributed by atoms with E-state index in [-0.39, 0.29) is 23.2 Å². The van der Waals surface area contributed by atoms with Crippen LogP contribution in [-0.4, -0.2) is 33.0 Å². The van der Waals surface area contributed by atoms with Crippen LogP contribution in [0.25, 0.3) is 11.1 Å². The molecule has 0 radical (unpaired) electrons. The van der Waals surface area contributed by atoms with Crippen LogP contribution in [0.1, 0.15) is 23.8 Å². The fraction of sp³-hybridized carbons (Fsp3) is 0.185. The number of ether oxygens (including phenoxy) is 3. The van der Waals surface area contributed by atoms with Crippen molar-refractivity contribution in [2.75, 3.05) is 21.3 Å². The lowest BCUT2D eigenvalue weighted by molar-refractivity contribution is -0.118. The normalized spacial score (nSPS) is 16.2. The largest absolute Gasteiger partial charge is 0.497 e. The number of amides is 1. The van der Waals surface area contributed by atoms with Gasteiger partial charge in [-0.2, -0.15) is 0 Å². The van der Waals surface area contributed by atoms with Gasteiger partial charge in [0, 0.05) is 6.08 Å². The van der Waals surface area contributed by atoms with Crippen LogP contribution in [0.3, 0.4) is 0 Å². The van der Waals surface area contributed by atoms with E-state index in [2.05, 4.69) is 5.32 Å². The van der Waals surface area contributed by atoms with Crippen molar-refractivity contribution in [1.29, 1.82) is 0 Å². The van der Waals surface area contributed by atoms with Gasteiger partial charge < -0.3 is 23.9 Å². The lowest BCUT2D eigenvalue weighted by atomic mass is 9.99. The molecule has 7 heteroatoms. The van der Waals surface area contributed by atoms with Gasteiger partial charge in [-0.05, 0) is 82.8 Å². The number of fused-ring (bicyclic) bond motifs is 1. The van der Waals surface area contributed by atoms with Gasteiger partial charge in [0.2, 0.25) is 5.91 Å². The van der Waals surface area contributed by atoms with E-state index < -0.39 is 0 Å². The highest BCUT2D eigenvalue weighted by atomic mass is 16.5. The van der Waals surface area contributed by atoms with Crippen LogP contribution in [-0.2, 0) is 25.6 Å². The second-order valence-electron chi connectivity index (χ2n) is 7.70. The lowest BCUT2D eigenvalue weighted by Gasteiger charge is -2.14. The number of furan rings is 1. The zero-order chi connectivity index (χ0) is 24.2. The average Bonchev–Trinajstić information content (AvgIpc) is 3.46. The molecule has 0 aliphatic heterocycles. The van der Waals surface area contributed by atoms with Crippen LogP contribution in [0.5, 0.6) is 5.75 Å². The highest BCUT2D eigenvalue weighted by Crippen LogP contribution is 2.44. The Bertz CT molecular complexity index is 1260. The summed E-state index contributed by atoms with van der Waals surface area (Å²) in [4.78, 5) is 25.0. The number of hydrogen-bond donors (Lipinski definition) is 1. The number of carbonyl (C=O) groups excluding carboxylic acids is 2. The summed E-state index contributed by atoms with van der Waals surface area (Å²) < 4.78 is 21.2. The number of hydrogen-bond acceptors (Lipinski definition) is 6. The molecule has 1 N–H and O–H groups in total. The van der Waals surface area contributed by atoms with E-state index in [1.807, 2.05) is 31.2 Å². The summed E-state index contributed by atoms with van der Waals surface area (Å²) in [7, 11) is 4.50. The first-order valence-electron chi connectivity index (χ1n) is 10.6. The third-order valence-corrected chi connectivity index (χ3v) is 5.70. The standard InChI is InChI=1S/C27H25NO6/c1-16-21(10-17-11-24(32-3)27(30)25(12-17)33-4)20-8-7-18(31-2)13-23(20)22(16)14-26(29)28-15-19-6-5-9-34-19/h5-14H,15H2,1-4H3,(H,28,29). The molecule has 1 aromatic heterocycles. The number of nitrogens with one attached hydrogen (secondary N) is 1. The Balaban J connectivity index is 1.75. The Morgan fingerprint density at radius 1 is 1.03 bits per heavy atom. The van der Waals surface area contributed by atoms with Crippen molar-refractivity contribution in [1.82, 2.24) is 5.32 Å². The van der Waals surface area contributed by atoms with Crippen LogP contribution >= 0.6 is 0 Å². The molecule has 0 spiro atoms. The molecule has 0 saturated heterocycles. The SMILES string of the molecule is COC1=CC(=CC2=C(C)C(=CC(=O)NCc3ccco3)c3cc(OC)ccc32)C=C(OC)C1=O. The Kier molecular flexibility index (Phi) is 6.54. The van der Waals surface area contributed by atoms with Crippen molar-refractivity contribution in [2.24, 2.45) is 0 Å². The number of benzene rings is 1. The van der Waals surface area contributed by atoms with Crippen LogP contribution < -0.4 is 10.1 Å². The first-order valence-corrected chi connectivity index (χ1v) is 10.6. The molecule has 2 aromatic rings. The van der Waals surface area contributed by atoms with E-state index in [1.165, 1.54) is 14.2 Å². The number of allylic oxidation sites excluding steroid dienone is 7. The second-order valence-corrected chi connectivity index (χ2v) is 7.70. The third kappa shape index (κ3) is 4.45. The summed E-state index contributed by atoms with van der Waals surface area (Å²) in [5, 5.41) is 2.85. The van der Waals surface area contributed by atoms with Gasteiger partial charge in [0.1, 0.15) is 11.5 Å². The number of rotatable bonds is 7. The van der Waals surface area contributed by atoms with Gasteiger partial charge >= 0.3 is 0 Å². The Hall–Kier alpha value is -4.26. The summed E-state index contributed by atoms with van der Waals surface area (Å²) in [6, 6.07) is 9.32. The molecule has 1 heterocycles. The summed E-state index contributed by atoms with van der Waals surface area (Å²) in [6.07, 6.45) is 8.45. The maximum absolute atomic E-state index is 12.7. The van der Waals surface area contributed by atoms with E-state index in [0.717, 1.165) is 33.4 Å². The molecule has 7 nitrogen and oxygen atoms in total. The molecule has 1 amide bonds. The average molecular weight is 459 g/mol. The highest BCUT2D eigenvalue weighted by Gasteiger charge is 2.26. The maximum Gasteiger partial charge on any atom is 0.261 e. The van der Waals surface area contributed by atoms with E-state index in [0.29, 0.717) is 18.1 Å². The first-order chi connectivity index (χ1) is 16.4. The quantitative estimate of drug-likeness (QED) is 0.620. The van der Waals surface area contributed by atoms with Crippen LogP contribution in [0, 0.1) is 0 Å². The minimum Gasteiger partial charge on any atom is -0.497 e. The lowest BCUT2D eigenvalue weighted by Crippen LogP contribution is -2.20. The molecular formula is C27H25NO6. The van der Waals surface area contributed by atoms with Crippen LogP contribution in [0.4, 0.5) is 0 Å². The van der Waals surface area contributed by atoms with Crippen molar-refractivity contribution in [2.45, 2.75) is 13.5 Å². The highest BCUT2D eigenvalue weighted by molar-refractivity contribution is 6.10. The van der Waals surface area contributed by atoms with Gasteiger partial charge in [-0.25, -0.2) is 0 Å². The van der Waals surface area contributed by atoms with Crippen molar-refractivity contribution in [3.63, 3.8) is 0 Å². The Morgan fingerprint density at radius 3 is 2.38 bits per heavy atom. The van der Waals surface area contributed by atoms with Gasteiger partial charge in [-0.15, -0.1) is 0 Å². The molecular weight excluding hydrogens is 434 g/mol. The minimum atomic E-state index is -0.307. The first kappa shape index (κ1) is 22.9. The van der Waals surface area contributed by atoms with Crippen molar-refractivity contribution >= 4 is 22.8 Å². The van der Waals surface area contributed by atoms with Gasteiger partial charge in [-0.1, -0.05) is 6.07 Å². The number of Topliss-reactive ketones (excluding diaryl/α,β-unsaturated/α-hetero) is 1. The molecule has 174 valence electrons. The maximum atomic E-state index is 12.7. The summed E-state index contributed by atoms with van der Waals surface area (Å²) >= 11 is 0. The summed E-state index contributed by atoms with van der Waals surface area (Å²) in [5.41, 5.74) is 5.21. The van der Waals surface area contributed by atoms with Gasteiger partial charge in [-0.3, -0.25) is 9.59 Å². The Morgan fingerprint density at radius 2 is 1.76 bits per heavy atom. The molecule has 0 atom stereocenters. The monoisotopic (exact) mass is 459 g/mol. The molecule has 0 bridgehead atoms. The topological polar surface area (TPSA) is 87.0 Å². The van der Waals surface area contributed by atoms with E-state index in [1.54, 1.807) is 43.7 Å². The molecule has 0 saturated carbocycles. The van der Waals surface area contributed by atoms with Gasteiger partial charge in [0.05, 0.1) is 34.1 Å². The van der Waals surface area contributed by atoms with Gasteiger partial charge in [0.25, 0.3) is 5.78 Å². The van der Waals surface area contributed by atoms with Crippen LogP contribution in [0.2, 0.25) is 0 Å². The van der Waals surface area contributed by atoms with Crippen LogP contribution in [0.15, 0.2) is 88.0 Å². The summed E-state index contributed by atoms with van der Waals surface area (Å²) in [5.74, 6) is 1.22. The summed E-state index contributed by atoms with van der Waals surface area (Å²) in [6.45, 7) is 2.25. The fourth-order valence-electron chi connectivity index (χ4n) is 3.95. The predicted molar refractivity (Wildman–Crippen MR) is 127 cm³/mol. The smallest absolute Gasteiger partial charge is 0.261 e. The minimum absolute atomic E-state index is 0.199. The molecule has 2 aliphatic rings. The van der Waals surface area contributed by atoms with E-state index in [4.69, 9.17) is 18.6 Å². The molecule has 0 fully saturated rings.